The molecule has 0 aliphatic rings. The maximum atomic E-state index is 13.9. The van der Waals surface area contributed by atoms with Gasteiger partial charge in [0.2, 0.25) is 0 Å². The topological polar surface area (TPSA) is 81.7 Å². The van der Waals surface area contributed by atoms with Crippen LogP contribution in [0.3, 0.4) is 0 Å². The van der Waals surface area contributed by atoms with Crippen LogP contribution in [0.25, 0.3) is 0 Å². The van der Waals surface area contributed by atoms with Gasteiger partial charge >= 0.3 is 5.97 Å². The lowest BCUT2D eigenvalue weighted by Crippen LogP contribution is -2.45. The maximum absolute atomic E-state index is 13.9. The van der Waals surface area contributed by atoms with Gasteiger partial charge in [0.15, 0.2) is 41.9 Å². The fourth-order valence-electron chi connectivity index (χ4n) is 4.14. The zero-order valence-electron chi connectivity index (χ0n) is 26.0. The largest absolute Gasteiger partial charge is 0.461 e. The van der Waals surface area contributed by atoms with Crippen molar-refractivity contribution in [2.24, 2.45) is 16.2 Å². The summed E-state index contributed by atoms with van der Waals surface area (Å²) in [5.74, 6) is 0.853. The van der Waals surface area contributed by atoms with Crippen LogP contribution in [0.15, 0.2) is 12.1 Å². The summed E-state index contributed by atoms with van der Waals surface area (Å²) >= 11 is 0. The molecule has 0 spiro atoms. The van der Waals surface area contributed by atoms with Crippen LogP contribution in [0.5, 0.6) is 23.0 Å². The van der Waals surface area contributed by atoms with Crippen molar-refractivity contribution in [3.8, 4) is 23.0 Å². The Morgan fingerprint density at radius 1 is 0.658 bits per heavy atom. The van der Waals surface area contributed by atoms with Gasteiger partial charge < -0.3 is 33.2 Å². The van der Waals surface area contributed by atoms with E-state index in [4.69, 9.17) is 33.2 Å². The maximum Gasteiger partial charge on any atom is 0.317 e. The third-order valence-corrected chi connectivity index (χ3v) is 6.29. The van der Waals surface area contributed by atoms with Crippen molar-refractivity contribution in [1.29, 1.82) is 0 Å². The van der Waals surface area contributed by atoms with Crippen LogP contribution in [0.4, 0.5) is 0 Å². The number of hydrogen-bond acceptors (Lipinski definition) is 8. The van der Waals surface area contributed by atoms with E-state index in [0.717, 1.165) is 0 Å². The molecule has 4 atom stereocenters. The molecule has 0 aliphatic heterocycles. The average molecular weight is 541 g/mol. The molecular formula is C30H52O8. The predicted octanol–water partition coefficient (Wildman–Crippen LogP) is 7.36. The molecule has 8 heteroatoms. The van der Waals surface area contributed by atoms with Gasteiger partial charge in [-0.25, -0.2) is 0 Å². The average Bonchev–Trinajstić information content (AvgIpc) is 2.75. The lowest BCUT2D eigenvalue weighted by molar-refractivity contribution is -0.154. The number of benzene rings is 1. The van der Waals surface area contributed by atoms with Crippen LogP contribution in [-0.4, -0.2) is 44.7 Å². The first-order valence-corrected chi connectivity index (χ1v) is 13.7. The van der Waals surface area contributed by atoms with Crippen LogP contribution in [0, 0.1) is 16.2 Å². The highest BCUT2D eigenvalue weighted by Gasteiger charge is 2.48. The molecule has 0 saturated heterocycles. The van der Waals surface area contributed by atoms with Gasteiger partial charge in [0.1, 0.15) is 0 Å². The summed E-state index contributed by atoms with van der Waals surface area (Å²) in [7, 11) is 0. The molecule has 0 bridgehead atoms. The van der Waals surface area contributed by atoms with Crippen LogP contribution >= 0.6 is 0 Å². The van der Waals surface area contributed by atoms with Crippen molar-refractivity contribution in [2.45, 2.75) is 115 Å². The number of ether oxygens (including phenoxy) is 7. The van der Waals surface area contributed by atoms with Crippen LogP contribution in [0.2, 0.25) is 0 Å². The Kier molecular flexibility index (Phi) is 12.9. The van der Waals surface area contributed by atoms with Gasteiger partial charge in [-0.15, -0.1) is 0 Å². The molecule has 1 aromatic rings. The highest BCUT2D eigenvalue weighted by molar-refractivity contribution is 5.80. The van der Waals surface area contributed by atoms with Crippen molar-refractivity contribution in [3.05, 3.63) is 12.1 Å². The molecule has 38 heavy (non-hydrogen) atoms. The normalized spacial score (nSPS) is 16.2. The molecule has 1 rings (SSSR count). The Morgan fingerprint density at radius 2 is 1.00 bits per heavy atom. The Labute approximate surface area is 230 Å². The van der Waals surface area contributed by atoms with Gasteiger partial charge in [0.05, 0.1) is 5.41 Å². The smallest absolute Gasteiger partial charge is 0.317 e. The first-order chi connectivity index (χ1) is 17.5. The molecule has 0 amide bonds. The molecule has 0 aliphatic carbocycles. The van der Waals surface area contributed by atoms with Crippen molar-refractivity contribution in [1.82, 2.24) is 0 Å². The standard InChI is InChI=1S/C30H52O8/c1-14-32-20(4)35-23-17-25(37-22(6)34-16-3)26(18-24(23)36-21(5)33-15-2)38-27(31)30(13,29(10,11)12)19-28(7,8)9/h17-18,20-22H,14-16,19H2,1-13H3. The zero-order valence-corrected chi connectivity index (χ0v) is 26.0. The number of hydrogen-bond donors (Lipinski definition) is 0. The second kappa shape index (κ2) is 14.4. The number of esters is 1. The third-order valence-electron chi connectivity index (χ3n) is 6.29. The van der Waals surface area contributed by atoms with E-state index in [-0.39, 0.29) is 22.5 Å². The summed E-state index contributed by atoms with van der Waals surface area (Å²) in [6.07, 6.45) is -1.08. The van der Waals surface area contributed by atoms with E-state index in [9.17, 15) is 4.79 Å². The van der Waals surface area contributed by atoms with Gasteiger partial charge in [-0.05, 0) is 65.7 Å². The SMILES string of the molecule is CCOC(C)Oc1cc(OC(C)OCC)c(OC(C)OCC)cc1OC(=O)C(C)(CC(C)(C)C)C(C)(C)C. The minimum absolute atomic E-state index is 0.0990. The minimum atomic E-state index is -0.785. The fraction of sp³-hybridized carbons (Fsp3) is 0.767. The van der Waals surface area contributed by atoms with Gasteiger partial charge in [-0.1, -0.05) is 41.5 Å². The van der Waals surface area contributed by atoms with E-state index in [1.165, 1.54) is 0 Å². The summed E-state index contributed by atoms with van der Waals surface area (Å²) < 4.78 is 41.0. The summed E-state index contributed by atoms with van der Waals surface area (Å²) in [5, 5.41) is 0. The molecule has 8 nitrogen and oxygen atoms in total. The molecule has 0 fully saturated rings. The number of carbonyl (C=O) groups is 1. The molecule has 0 saturated carbocycles. The monoisotopic (exact) mass is 540 g/mol. The van der Waals surface area contributed by atoms with Crippen molar-refractivity contribution in [2.75, 3.05) is 19.8 Å². The Hall–Kier alpha value is -2.03. The molecule has 0 radical (unpaired) electrons. The third kappa shape index (κ3) is 10.3. The fourth-order valence-corrected chi connectivity index (χ4v) is 4.14. The van der Waals surface area contributed by atoms with Gasteiger partial charge in [0, 0.05) is 32.0 Å². The first-order valence-electron chi connectivity index (χ1n) is 13.7. The Morgan fingerprint density at radius 3 is 1.32 bits per heavy atom. The molecule has 0 aromatic heterocycles. The second-order valence-electron chi connectivity index (χ2n) is 11.9. The second-order valence-corrected chi connectivity index (χ2v) is 11.9. The summed E-state index contributed by atoms with van der Waals surface area (Å²) in [6.45, 7) is 26.9. The van der Waals surface area contributed by atoms with Crippen molar-refractivity contribution in [3.63, 3.8) is 0 Å². The highest BCUT2D eigenvalue weighted by atomic mass is 16.7. The summed E-state index contributed by atoms with van der Waals surface area (Å²) in [4.78, 5) is 13.9. The van der Waals surface area contributed by atoms with E-state index in [2.05, 4.69) is 41.5 Å². The lowest BCUT2D eigenvalue weighted by atomic mass is 9.61. The van der Waals surface area contributed by atoms with E-state index < -0.39 is 24.3 Å². The van der Waals surface area contributed by atoms with Gasteiger partial charge in [-0.3, -0.25) is 4.79 Å². The molecular weight excluding hydrogens is 488 g/mol. The van der Waals surface area contributed by atoms with Crippen LogP contribution in [-0.2, 0) is 19.0 Å². The lowest BCUT2D eigenvalue weighted by Gasteiger charge is -2.43. The van der Waals surface area contributed by atoms with E-state index in [1.807, 2.05) is 27.7 Å². The Bertz CT molecular complexity index is 870. The van der Waals surface area contributed by atoms with Crippen LogP contribution in [0.1, 0.15) is 96.4 Å². The predicted molar refractivity (Wildman–Crippen MR) is 149 cm³/mol. The van der Waals surface area contributed by atoms with E-state index >= 15 is 0 Å². The zero-order chi connectivity index (χ0) is 29.3. The molecule has 4 unspecified atom stereocenters. The van der Waals surface area contributed by atoms with Crippen LogP contribution < -0.4 is 18.9 Å². The summed E-state index contributed by atoms with van der Waals surface area (Å²) in [5.41, 5.74) is -1.25. The quantitative estimate of drug-likeness (QED) is 0.130. The number of carbonyl (C=O) groups excluding carboxylic acids is 1. The minimum Gasteiger partial charge on any atom is -0.461 e. The van der Waals surface area contributed by atoms with E-state index in [0.29, 0.717) is 43.5 Å². The molecule has 1 aromatic carbocycles. The van der Waals surface area contributed by atoms with Gasteiger partial charge in [-0.2, -0.15) is 0 Å². The van der Waals surface area contributed by atoms with E-state index in [1.54, 1.807) is 32.9 Å². The van der Waals surface area contributed by atoms with Gasteiger partial charge in [0.25, 0.3) is 0 Å². The summed E-state index contributed by atoms with van der Waals surface area (Å²) in [6, 6.07) is 3.25. The molecule has 0 heterocycles. The molecule has 220 valence electrons. The molecule has 0 N–H and O–H groups in total. The van der Waals surface area contributed by atoms with Crippen molar-refractivity contribution >= 4 is 5.97 Å². The number of rotatable bonds is 15. The Balaban J connectivity index is 3.65. The first kappa shape index (κ1) is 34.0. The highest BCUT2D eigenvalue weighted by Crippen LogP contribution is 2.49. The van der Waals surface area contributed by atoms with Crippen molar-refractivity contribution < 1.29 is 38.0 Å².